The van der Waals surface area contributed by atoms with Gasteiger partial charge in [0, 0.05) is 37.7 Å². The summed E-state index contributed by atoms with van der Waals surface area (Å²) in [5, 5.41) is 0. The maximum atomic E-state index is 13.8. The molecule has 0 saturated carbocycles. The van der Waals surface area contributed by atoms with Gasteiger partial charge < -0.3 is 9.64 Å². The molecule has 2 aromatic carbocycles. The van der Waals surface area contributed by atoms with E-state index in [2.05, 4.69) is 9.97 Å². The molecule has 0 bridgehead atoms. The van der Waals surface area contributed by atoms with Crippen molar-refractivity contribution in [3.63, 3.8) is 0 Å². The Bertz CT molecular complexity index is 1040. The maximum absolute atomic E-state index is 13.8. The molecular formula is C24H23F2N3O2. The largest absolute Gasteiger partial charge is 0.373 e. The van der Waals surface area contributed by atoms with Crippen LogP contribution in [-0.2, 0) is 4.74 Å². The molecule has 1 saturated heterocycles. The Kier molecular flexibility index (Phi) is 6.32. The van der Waals surface area contributed by atoms with E-state index < -0.39 is 11.6 Å². The Balaban J connectivity index is 1.61. The standard InChI is InChI=1S/C24H23F2N3O2/c1-2-29(24(30)22-15-27-8-9-28-22)19-7-10-31-23(14-19)21-6-4-3-5-20(21)16-11-17(25)13-18(26)12-16/h3-6,8-9,11-13,15,19,23H,2,7,10,14H2,1H3/t19-,23+/m0/s1. The average molecular weight is 423 g/mol. The summed E-state index contributed by atoms with van der Waals surface area (Å²) in [4.78, 5) is 22.9. The molecule has 1 aliphatic heterocycles. The quantitative estimate of drug-likeness (QED) is 0.591. The molecule has 1 amide bonds. The number of rotatable bonds is 5. The third-order valence-electron chi connectivity index (χ3n) is 5.56. The minimum atomic E-state index is -0.626. The second-order valence-corrected chi connectivity index (χ2v) is 7.46. The van der Waals surface area contributed by atoms with Gasteiger partial charge in [-0.3, -0.25) is 9.78 Å². The van der Waals surface area contributed by atoms with Gasteiger partial charge in [0.15, 0.2) is 0 Å². The normalized spacial score (nSPS) is 18.5. The van der Waals surface area contributed by atoms with E-state index in [1.165, 1.54) is 30.7 Å². The van der Waals surface area contributed by atoms with Gasteiger partial charge in [-0.15, -0.1) is 0 Å². The topological polar surface area (TPSA) is 55.3 Å². The maximum Gasteiger partial charge on any atom is 0.274 e. The number of benzene rings is 2. The van der Waals surface area contributed by atoms with E-state index in [1.807, 2.05) is 31.2 Å². The van der Waals surface area contributed by atoms with Gasteiger partial charge in [0.2, 0.25) is 0 Å². The number of carbonyl (C=O) groups excluding carboxylic acids is 1. The van der Waals surface area contributed by atoms with Gasteiger partial charge >= 0.3 is 0 Å². The highest BCUT2D eigenvalue weighted by Gasteiger charge is 2.32. The predicted octanol–water partition coefficient (Wildman–Crippen LogP) is 4.80. The van der Waals surface area contributed by atoms with E-state index in [-0.39, 0.29) is 18.1 Å². The van der Waals surface area contributed by atoms with E-state index in [0.717, 1.165) is 17.2 Å². The van der Waals surface area contributed by atoms with Gasteiger partial charge in [0.05, 0.1) is 12.3 Å². The number of aromatic nitrogens is 2. The molecule has 0 unspecified atom stereocenters. The Morgan fingerprint density at radius 3 is 2.65 bits per heavy atom. The lowest BCUT2D eigenvalue weighted by Crippen LogP contribution is -2.44. The molecule has 1 fully saturated rings. The van der Waals surface area contributed by atoms with Gasteiger partial charge in [0.1, 0.15) is 17.3 Å². The number of amides is 1. The van der Waals surface area contributed by atoms with Crippen LogP contribution in [0.4, 0.5) is 8.78 Å². The number of hydrogen-bond acceptors (Lipinski definition) is 4. The lowest BCUT2D eigenvalue weighted by atomic mass is 9.90. The molecular weight excluding hydrogens is 400 g/mol. The number of ether oxygens (including phenoxy) is 1. The summed E-state index contributed by atoms with van der Waals surface area (Å²) >= 11 is 0. The summed E-state index contributed by atoms with van der Waals surface area (Å²) in [5.74, 6) is -1.42. The molecule has 2 atom stereocenters. The summed E-state index contributed by atoms with van der Waals surface area (Å²) in [6.45, 7) is 2.94. The molecule has 0 spiro atoms. The van der Waals surface area contributed by atoms with E-state index >= 15 is 0 Å². The Hall–Kier alpha value is -3.19. The van der Waals surface area contributed by atoms with Gasteiger partial charge in [-0.1, -0.05) is 24.3 Å². The summed E-state index contributed by atoms with van der Waals surface area (Å²) in [7, 11) is 0. The summed E-state index contributed by atoms with van der Waals surface area (Å²) in [6, 6.07) is 10.9. The average Bonchev–Trinajstić information content (AvgIpc) is 2.80. The summed E-state index contributed by atoms with van der Waals surface area (Å²) in [5.41, 5.74) is 2.33. The first-order valence-electron chi connectivity index (χ1n) is 10.3. The van der Waals surface area contributed by atoms with E-state index in [9.17, 15) is 13.6 Å². The zero-order valence-corrected chi connectivity index (χ0v) is 17.2. The fourth-order valence-electron chi connectivity index (χ4n) is 4.15. The van der Waals surface area contributed by atoms with Gasteiger partial charge in [-0.2, -0.15) is 0 Å². The molecule has 0 aliphatic carbocycles. The van der Waals surface area contributed by atoms with Crippen LogP contribution >= 0.6 is 0 Å². The van der Waals surface area contributed by atoms with Crippen molar-refractivity contribution in [2.75, 3.05) is 13.2 Å². The van der Waals surface area contributed by atoms with Crippen LogP contribution in [-0.4, -0.2) is 40.0 Å². The zero-order chi connectivity index (χ0) is 21.8. The first-order chi connectivity index (χ1) is 15.1. The molecule has 3 aromatic rings. The molecule has 0 N–H and O–H groups in total. The van der Waals surface area contributed by atoms with Crippen LogP contribution in [0.15, 0.2) is 61.1 Å². The van der Waals surface area contributed by atoms with Crippen LogP contribution in [0.3, 0.4) is 0 Å². The molecule has 4 rings (SSSR count). The number of carbonyl (C=O) groups is 1. The van der Waals surface area contributed by atoms with Crippen molar-refractivity contribution < 1.29 is 18.3 Å². The van der Waals surface area contributed by atoms with E-state index in [1.54, 1.807) is 4.90 Å². The first kappa shape index (κ1) is 21.1. The van der Waals surface area contributed by atoms with E-state index in [0.29, 0.717) is 37.3 Å². The van der Waals surface area contributed by atoms with Crippen molar-refractivity contribution in [1.82, 2.24) is 14.9 Å². The van der Waals surface area contributed by atoms with Gasteiger partial charge in [-0.05, 0) is 48.6 Å². The van der Waals surface area contributed by atoms with Crippen molar-refractivity contribution in [2.24, 2.45) is 0 Å². The number of hydrogen-bond donors (Lipinski definition) is 0. The lowest BCUT2D eigenvalue weighted by Gasteiger charge is -2.37. The highest BCUT2D eigenvalue weighted by Crippen LogP contribution is 2.37. The molecule has 2 heterocycles. The van der Waals surface area contributed by atoms with Crippen molar-refractivity contribution in [3.8, 4) is 11.1 Å². The van der Waals surface area contributed by atoms with Crippen molar-refractivity contribution in [2.45, 2.75) is 31.9 Å². The highest BCUT2D eigenvalue weighted by atomic mass is 19.1. The second-order valence-electron chi connectivity index (χ2n) is 7.46. The Morgan fingerprint density at radius 2 is 1.94 bits per heavy atom. The van der Waals surface area contributed by atoms with Crippen molar-refractivity contribution >= 4 is 5.91 Å². The van der Waals surface area contributed by atoms with Crippen LogP contribution in [0.25, 0.3) is 11.1 Å². The zero-order valence-electron chi connectivity index (χ0n) is 17.2. The predicted molar refractivity (Wildman–Crippen MR) is 112 cm³/mol. The fourth-order valence-corrected chi connectivity index (χ4v) is 4.15. The monoisotopic (exact) mass is 423 g/mol. The lowest BCUT2D eigenvalue weighted by molar-refractivity contribution is -0.0230. The number of halogens is 2. The smallest absolute Gasteiger partial charge is 0.274 e. The minimum Gasteiger partial charge on any atom is -0.373 e. The van der Waals surface area contributed by atoms with Crippen LogP contribution < -0.4 is 0 Å². The van der Waals surface area contributed by atoms with Crippen LogP contribution in [0, 0.1) is 11.6 Å². The Morgan fingerprint density at radius 1 is 1.16 bits per heavy atom. The molecule has 7 heteroatoms. The first-order valence-corrected chi connectivity index (χ1v) is 10.3. The highest BCUT2D eigenvalue weighted by molar-refractivity contribution is 5.92. The second kappa shape index (κ2) is 9.31. The van der Waals surface area contributed by atoms with Gasteiger partial charge in [0.25, 0.3) is 5.91 Å². The molecule has 1 aliphatic rings. The summed E-state index contributed by atoms with van der Waals surface area (Å²) < 4.78 is 33.7. The fraction of sp³-hybridized carbons (Fsp3) is 0.292. The molecule has 0 radical (unpaired) electrons. The van der Waals surface area contributed by atoms with E-state index in [4.69, 9.17) is 4.74 Å². The van der Waals surface area contributed by atoms with Crippen LogP contribution in [0.2, 0.25) is 0 Å². The minimum absolute atomic E-state index is 0.0458. The van der Waals surface area contributed by atoms with Gasteiger partial charge in [-0.25, -0.2) is 13.8 Å². The molecule has 5 nitrogen and oxygen atoms in total. The summed E-state index contributed by atoms with van der Waals surface area (Å²) in [6.07, 6.45) is 5.48. The third kappa shape index (κ3) is 4.61. The van der Waals surface area contributed by atoms with Crippen LogP contribution in [0.1, 0.15) is 41.9 Å². The third-order valence-corrected chi connectivity index (χ3v) is 5.56. The SMILES string of the molecule is CCN(C(=O)c1cnccn1)[C@H]1CCO[C@@H](c2ccccc2-c2cc(F)cc(F)c2)C1. The Labute approximate surface area is 179 Å². The van der Waals surface area contributed by atoms with Crippen LogP contribution in [0.5, 0.6) is 0 Å². The van der Waals surface area contributed by atoms with Crippen molar-refractivity contribution in [1.29, 1.82) is 0 Å². The van der Waals surface area contributed by atoms with Crippen molar-refractivity contribution in [3.05, 3.63) is 83.9 Å². The molecule has 31 heavy (non-hydrogen) atoms. The molecule has 160 valence electrons. The molecule has 1 aromatic heterocycles. The number of nitrogens with zero attached hydrogens (tertiary/aromatic N) is 3.